The minimum Gasteiger partial charge on any atom is -0.395 e. The minimum absolute atomic E-state index is 0.240. The van der Waals surface area contributed by atoms with Crippen molar-refractivity contribution in [2.24, 2.45) is 0 Å². The van der Waals surface area contributed by atoms with Gasteiger partial charge in [-0.2, -0.15) is 0 Å². The van der Waals surface area contributed by atoms with E-state index < -0.39 is 24.4 Å². The fourth-order valence-electron chi connectivity index (χ4n) is 3.99. The molecule has 3 rings (SSSR count). The predicted molar refractivity (Wildman–Crippen MR) is 116 cm³/mol. The van der Waals surface area contributed by atoms with Crippen molar-refractivity contribution >= 4 is 0 Å². The molecule has 0 spiro atoms. The van der Waals surface area contributed by atoms with Gasteiger partial charge in [-0.3, -0.25) is 4.90 Å². The number of aliphatic hydroxyl groups is 4. The van der Waals surface area contributed by atoms with E-state index in [9.17, 15) is 20.4 Å². The lowest BCUT2D eigenvalue weighted by Crippen LogP contribution is -2.62. The molecular formula is C24H33NO5. The van der Waals surface area contributed by atoms with Crippen molar-refractivity contribution in [1.29, 1.82) is 0 Å². The number of hydrogen-bond donors (Lipinski definition) is 4. The Labute approximate surface area is 178 Å². The van der Waals surface area contributed by atoms with Gasteiger partial charge in [-0.1, -0.05) is 48.5 Å². The van der Waals surface area contributed by atoms with Gasteiger partial charge in [0.2, 0.25) is 0 Å². The van der Waals surface area contributed by atoms with Gasteiger partial charge in [0, 0.05) is 13.2 Å². The van der Waals surface area contributed by atoms with Crippen LogP contribution in [0.1, 0.15) is 24.8 Å². The first-order chi connectivity index (χ1) is 14.6. The molecule has 164 valence electrons. The highest BCUT2D eigenvalue weighted by molar-refractivity contribution is 5.63. The van der Waals surface area contributed by atoms with Gasteiger partial charge in [0.25, 0.3) is 0 Å². The van der Waals surface area contributed by atoms with E-state index in [0.29, 0.717) is 19.8 Å². The Morgan fingerprint density at radius 3 is 2.40 bits per heavy atom. The molecule has 2 aromatic carbocycles. The van der Waals surface area contributed by atoms with Crippen LogP contribution in [0, 0.1) is 0 Å². The molecule has 6 nitrogen and oxygen atoms in total. The number of nitrogens with zero attached hydrogens (tertiary/aromatic N) is 1. The topological polar surface area (TPSA) is 93.4 Å². The Balaban J connectivity index is 1.34. The fourth-order valence-corrected chi connectivity index (χ4v) is 3.99. The number of likely N-dealkylation sites (tertiary alicyclic amines) is 1. The zero-order valence-corrected chi connectivity index (χ0v) is 17.3. The first-order valence-electron chi connectivity index (χ1n) is 10.7. The van der Waals surface area contributed by atoms with Crippen LogP contribution in [0.25, 0.3) is 11.1 Å². The highest BCUT2D eigenvalue weighted by atomic mass is 16.5. The van der Waals surface area contributed by atoms with Crippen LogP contribution < -0.4 is 0 Å². The van der Waals surface area contributed by atoms with E-state index in [1.807, 2.05) is 23.1 Å². The summed E-state index contributed by atoms with van der Waals surface area (Å²) in [6, 6.07) is 18.1. The van der Waals surface area contributed by atoms with Crippen LogP contribution in [0.5, 0.6) is 0 Å². The van der Waals surface area contributed by atoms with Gasteiger partial charge in [0.05, 0.1) is 25.4 Å². The third kappa shape index (κ3) is 6.11. The van der Waals surface area contributed by atoms with Crippen LogP contribution in [0.3, 0.4) is 0 Å². The molecule has 0 radical (unpaired) electrons. The Hall–Kier alpha value is -1.80. The minimum atomic E-state index is -1.20. The summed E-state index contributed by atoms with van der Waals surface area (Å²) in [5.74, 6) is 0. The quantitative estimate of drug-likeness (QED) is 0.442. The van der Waals surface area contributed by atoms with E-state index in [0.717, 1.165) is 24.8 Å². The molecule has 0 saturated carbocycles. The highest BCUT2D eigenvalue weighted by Gasteiger charge is 2.40. The maximum absolute atomic E-state index is 10.0. The number of β-amino-alcohol motifs (C(OH)–C–C–N with tert-alkyl or cyclic N) is 1. The third-order valence-corrected chi connectivity index (χ3v) is 5.75. The normalized spacial score (nSPS) is 24.8. The lowest BCUT2D eigenvalue weighted by molar-refractivity contribution is -0.145. The van der Waals surface area contributed by atoms with E-state index in [1.165, 1.54) is 11.1 Å². The lowest BCUT2D eigenvalue weighted by Gasteiger charge is -2.43. The Morgan fingerprint density at radius 1 is 0.867 bits per heavy atom. The largest absolute Gasteiger partial charge is 0.395 e. The van der Waals surface area contributed by atoms with Crippen LogP contribution in [0.4, 0.5) is 0 Å². The number of benzene rings is 2. The first-order valence-corrected chi connectivity index (χ1v) is 10.7. The van der Waals surface area contributed by atoms with Crippen molar-refractivity contribution in [3.63, 3.8) is 0 Å². The van der Waals surface area contributed by atoms with Crippen molar-refractivity contribution < 1.29 is 25.2 Å². The molecule has 0 aliphatic carbocycles. The number of hydrogen-bond acceptors (Lipinski definition) is 6. The molecule has 6 heteroatoms. The summed E-state index contributed by atoms with van der Waals surface area (Å²) >= 11 is 0. The molecule has 1 aliphatic rings. The van der Waals surface area contributed by atoms with Gasteiger partial charge >= 0.3 is 0 Å². The van der Waals surface area contributed by atoms with Crippen LogP contribution in [-0.2, 0) is 11.3 Å². The first kappa shape index (κ1) is 22.9. The van der Waals surface area contributed by atoms with Crippen molar-refractivity contribution in [2.75, 3.05) is 26.3 Å². The van der Waals surface area contributed by atoms with E-state index in [2.05, 4.69) is 36.4 Å². The second kappa shape index (κ2) is 11.6. The van der Waals surface area contributed by atoms with Crippen molar-refractivity contribution in [1.82, 2.24) is 4.90 Å². The van der Waals surface area contributed by atoms with Crippen LogP contribution in [-0.4, -0.2) is 76.0 Å². The van der Waals surface area contributed by atoms with E-state index in [-0.39, 0.29) is 13.2 Å². The molecule has 0 bridgehead atoms. The molecule has 2 aromatic rings. The van der Waals surface area contributed by atoms with Gasteiger partial charge in [0.1, 0.15) is 12.2 Å². The second-order valence-electron chi connectivity index (χ2n) is 7.97. The molecule has 1 saturated heterocycles. The summed E-state index contributed by atoms with van der Waals surface area (Å²) < 4.78 is 5.83. The van der Waals surface area contributed by atoms with Gasteiger partial charge in [-0.25, -0.2) is 0 Å². The number of unbranched alkanes of at least 4 members (excludes halogenated alkanes) is 2. The van der Waals surface area contributed by atoms with Crippen molar-refractivity contribution in [2.45, 2.75) is 50.2 Å². The molecule has 1 fully saturated rings. The predicted octanol–water partition coefficient (Wildman–Crippen LogP) is 1.80. The lowest BCUT2D eigenvalue weighted by atomic mass is 9.94. The molecule has 1 aliphatic heterocycles. The third-order valence-electron chi connectivity index (χ3n) is 5.75. The molecule has 4 atom stereocenters. The average molecular weight is 416 g/mol. The van der Waals surface area contributed by atoms with E-state index >= 15 is 0 Å². The van der Waals surface area contributed by atoms with Gasteiger partial charge in [0.15, 0.2) is 0 Å². The zero-order chi connectivity index (χ0) is 21.3. The summed E-state index contributed by atoms with van der Waals surface area (Å²) in [6.07, 6.45) is -0.575. The Morgan fingerprint density at radius 2 is 1.63 bits per heavy atom. The Kier molecular flexibility index (Phi) is 8.81. The summed E-state index contributed by atoms with van der Waals surface area (Å²) in [4.78, 5) is 1.86. The van der Waals surface area contributed by atoms with Gasteiger partial charge in [-0.05, 0) is 48.6 Å². The maximum Gasteiger partial charge on any atom is 0.109 e. The summed E-state index contributed by atoms with van der Waals surface area (Å²) in [7, 11) is 0. The molecule has 30 heavy (non-hydrogen) atoms. The van der Waals surface area contributed by atoms with Crippen molar-refractivity contribution in [3.8, 4) is 11.1 Å². The number of rotatable bonds is 10. The number of aliphatic hydroxyl groups excluding tert-OH is 4. The summed E-state index contributed by atoms with van der Waals surface area (Å²) in [6.45, 7) is 1.93. The second-order valence-corrected chi connectivity index (χ2v) is 7.97. The van der Waals surface area contributed by atoms with Crippen LogP contribution in [0.2, 0.25) is 0 Å². The standard InChI is InChI=1S/C24H33NO5/c26-16-21-23(28)24(29)22(27)15-25(21)12-5-2-6-13-30-17-18-8-7-11-20(14-18)19-9-3-1-4-10-19/h1,3-4,7-11,14,21-24,26-29H,2,5-6,12-13,15-17H2/t21-,22-,23+,24?/m0/s1. The maximum atomic E-state index is 10.0. The van der Waals surface area contributed by atoms with Crippen molar-refractivity contribution in [3.05, 3.63) is 60.2 Å². The summed E-state index contributed by atoms with van der Waals surface area (Å²) in [5, 5.41) is 39.1. The molecule has 1 unspecified atom stereocenters. The highest BCUT2D eigenvalue weighted by Crippen LogP contribution is 2.21. The smallest absolute Gasteiger partial charge is 0.109 e. The summed E-state index contributed by atoms with van der Waals surface area (Å²) in [5.41, 5.74) is 3.53. The Bertz CT molecular complexity index is 756. The van der Waals surface area contributed by atoms with Gasteiger partial charge < -0.3 is 25.2 Å². The molecule has 0 amide bonds. The van der Waals surface area contributed by atoms with Crippen LogP contribution >= 0.6 is 0 Å². The van der Waals surface area contributed by atoms with Crippen LogP contribution in [0.15, 0.2) is 54.6 Å². The molecule has 1 heterocycles. The van der Waals surface area contributed by atoms with E-state index in [1.54, 1.807) is 0 Å². The molecule has 0 aromatic heterocycles. The monoisotopic (exact) mass is 415 g/mol. The average Bonchev–Trinajstić information content (AvgIpc) is 2.78. The SMILES string of the molecule is OC[C@H]1[C@@H](O)C(O)[C@@H](O)CN1CCCCCOCc1cccc(-c2ccccc2)c1. The number of piperidine rings is 1. The number of ether oxygens (including phenoxy) is 1. The molecular weight excluding hydrogens is 382 g/mol. The zero-order valence-electron chi connectivity index (χ0n) is 17.3. The van der Waals surface area contributed by atoms with Gasteiger partial charge in [-0.15, -0.1) is 0 Å². The van der Waals surface area contributed by atoms with E-state index in [4.69, 9.17) is 4.74 Å². The molecule has 4 N–H and O–H groups in total. The fraction of sp³-hybridized carbons (Fsp3) is 0.500.